The van der Waals surface area contributed by atoms with Gasteiger partial charge in [0.25, 0.3) is 5.69 Å². The molecular weight excluding hydrogens is 330 g/mol. The van der Waals surface area contributed by atoms with Crippen molar-refractivity contribution in [2.45, 2.75) is 31.2 Å². The highest BCUT2D eigenvalue weighted by atomic mass is 16.6. The van der Waals surface area contributed by atoms with Gasteiger partial charge in [-0.2, -0.15) is 0 Å². The van der Waals surface area contributed by atoms with Crippen LogP contribution < -0.4 is 5.32 Å². The van der Waals surface area contributed by atoms with E-state index in [1.807, 2.05) is 25.1 Å². The van der Waals surface area contributed by atoms with Crippen LogP contribution >= 0.6 is 0 Å². The fourth-order valence-electron chi connectivity index (χ4n) is 3.18. The number of hydrogen-bond acceptors (Lipinski definition) is 3. The molecule has 2 amide bonds. The molecule has 0 spiro atoms. The highest BCUT2D eigenvalue weighted by Gasteiger charge is 2.44. The fourth-order valence-corrected chi connectivity index (χ4v) is 3.18. The molecule has 1 unspecified atom stereocenters. The van der Waals surface area contributed by atoms with Crippen molar-refractivity contribution in [3.05, 3.63) is 75.8 Å². The number of carbonyl (C=O) groups excluding carboxylic acids is 1. The van der Waals surface area contributed by atoms with Crippen molar-refractivity contribution in [1.29, 1.82) is 0 Å². The molecule has 0 aromatic heterocycles. The summed E-state index contributed by atoms with van der Waals surface area (Å²) in [4.78, 5) is 24.7. The van der Waals surface area contributed by atoms with E-state index in [-0.39, 0.29) is 23.2 Å². The first-order valence-electron chi connectivity index (χ1n) is 8.73. The molecule has 1 aliphatic rings. The molecule has 2 aromatic rings. The van der Waals surface area contributed by atoms with Crippen LogP contribution in [-0.2, 0) is 5.41 Å². The van der Waals surface area contributed by atoms with E-state index in [0.717, 1.165) is 18.4 Å². The summed E-state index contributed by atoms with van der Waals surface area (Å²) < 4.78 is 0. The van der Waals surface area contributed by atoms with Gasteiger partial charge in [-0.1, -0.05) is 42.5 Å². The van der Waals surface area contributed by atoms with E-state index in [1.165, 1.54) is 17.7 Å². The average Bonchev–Trinajstić information content (AvgIpc) is 3.47. The Labute approximate surface area is 153 Å². The minimum absolute atomic E-state index is 0.0316. The molecular formula is C20H23N3O3. The lowest BCUT2D eigenvalue weighted by Crippen LogP contribution is -2.42. The Hall–Kier alpha value is -2.89. The molecule has 26 heavy (non-hydrogen) atoms. The minimum atomic E-state index is -0.424. The molecule has 1 atom stereocenters. The normalized spacial score (nSPS) is 15.8. The highest BCUT2D eigenvalue weighted by molar-refractivity contribution is 5.74. The van der Waals surface area contributed by atoms with Crippen molar-refractivity contribution in [3.63, 3.8) is 0 Å². The first kappa shape index (κ1) is 17.9. The van der Waals surface area contributed by atoms with Crippen LogP contribution in [0, 0.1) is 10.1 Å². The molecule has 1 fully saturated rings. The quantitative estimate of drug-likeness (QED) is 0.629. The second-order valence-corrected chi connectivity index (χ2v) is 6.94. The number of amides is 2. The maximum Gasteiger partial charge on any atom is 0.317 e. The van der Waals surface area contributed by atoms with Gasteiger partial charge in [0.2, 0.25) is 0 Å². The van der Waals surface area contributed by atoms with Gasteiger partial charge in [0.1, 0.15) is 0 Å². The Balaban J connectivity index is 1.63. The predicted octanol–water partition coefficient (Wildman–Crippen LogP) is 4.03. The first-order chi connectivity index (χ1) is 12.4. The average molecular weight is 353 g/mol. The highest BCUT2D eigenvalue weighted by Crippen LogP contribution is 2.47. The van der Waals surface area contributed by atoms with E-state index in [0.29, 0.717) is 6.54 Å². The third-order valence-electron chi connectivity index (χ3n) is 5.28. The van der Waals surface area contributed by atoms with Gasteiger partial charge in [0, 0.05) is 31.1 Å². The molecule has 0 aliphatic heterocycles. The number of hydrogen-bond donors (Lipinski definition) is 1. The van der Waals surface area contributed by atoms with E-state index in [1.54, 1.807) is 24.1 Å². The standard InChI is InChI=1S/C20H23N3O3/c1-15(16-7-6-10-18(13-16)23(25)26)22(2)19(24)21-14-20(11-12-20)17-8-4-3-5-9-17/h3-10,13,15H,11-12,14H2,1-2H3,(H,21,24). The molecule has 0 radical (unpaired) electrons. The number of urea groups is 1. The summed E-state index contributed by atoms with van der Waals surface area (Å²) in [7, 11) is 1.71. The lowest BCUT2D eigenvalue weighted by Gasteiger charge is -2.27. The van der Waals surface area contributed by atoms with Crippen LogP contribution in [0.25, 0.3) is 0 Å². The van der Waals surface area contributed by atoms with E-state index >= 15 is 0 Å². The van der Waals surface area contributed by atoms with Crippen LogP contribution in [0.2, 0.25) is 0 Å². The van der Waals surface area contributed by atoms with Crippen molar-refractivity contribution in [2.75, 3.05) is 13.6 Å². The topological polar surface area (TPSA) is 75.5 Å². The second kappa shape index (κ2) is 7.15. The third kappa shape index (κ3) is 3.69. The number of non-ortho nitro benzene ring substituents is 1. The van der Waals surface area contributed by atoms with Crippen LogP contribution in [0.5, 0.6) is 0 Å². The van der Waals surface area contributed by atoms with E-state index in [2.05, 4.69) is 17.4 Å². The van der Waals surface area contributed by atoms with Crippen LogP contribution in [-0.4, -0.2) is 29.4 Å². The molecule has 136 valence electrons. The molecule has 0 heterocycles. The SMILES string of the molecule is CC(c1cccc([N+](=O)[O-])c1)N(C)C(=O)NCC1(c2ccccc2)CC1. The monoisotopic (exact) mass is 353 g/mol. The number of carbonyl (C=O) groups is 1. The molecule has 1 aliphatic carbocycles. The smallest absolute Gasteiger partial charge is 0.317 e. The Morgan fingerprint density at radius 1 is 1.23 bits per heavy atom. The van der Waals surface area contributed by atoms with Gasteiger partial charge in [0.15, 0.2) is 0 Å². The maximum atomic E-state index is 12.6. The van der Waals surface area contributed by atoms with Crippen LogP contribution in [0.4, 0.5) is 10.5 Å². The van der Waals surface area contributed by atoms with E-state index < -0.39 is 4.92 Å². The molecule has 1 saturated carbocycles. The Morgan fingerprint density at radius 3 is 2.54 bits per heavy atom. The molecule has 6 nitrogen and oxygen atoms in total. The van der Waals surface area contributed by atoms with Crippen LogP contribution in [0.3, 0.4) is 0 Å². The number of nitro benzene ring substituents is 1. The van der Waals surface area contributed by atoms with Gasteiger partial charge in [-0.3, -0.25) is 10.1 Å². The van der Waals surface area contributed by atoms with Crippen molar-refractivity contribution in [1.82, 2.24) is 10.2 Å². The fraction of sp³-hybridized carbons (Fsp3) is 0.350. The maximum absolute atomic E-state index is 12.6. The zero-order valence-corrected chi connectivity index (χ0v) is 15.0. The summed E-state index contributed by atoms with van der Waals surface area (Å²) in [5.41, 5.74) is 2.08. The second-order valence-electron chi connectivity index (χ2n) is 6.94. The molecule has 1 N–H and O–H groups in total. The Bertz CT molecular complexity index is 803. The minimum Gasteiger partial charge on any atom is -0.337 e. The van der Waals surface area contributed by atoms with Crippen molar-refractivity contribution in [2.24, 2.45) is 0 Å². The Kier molecular flexibility index (Phi) is 4.93. The van der Waals surface area contributed by atoms with Gasteiger partial charge >= 0.3 is 6.03 Å². The zero-order chi connectivity index (χ0) is 18.7. The molecule has 0 bridgehead atoms. The van der Waals surface area contributed by atoms with E-state index in [4.69, 9.17) is 0 Å². The van der Waals surface area contributed by atoms with Crippen LogP contribution in [0.1, 0.15) is 36.9 Å². The number of rotatable bonds is 6. The summed E-state index contributed by atoms with van der Waals surface area (Å²) >= 11 is 0. The molecule has 6 heteroatoms. The summed E-state index contributed by atoms with van der Waals surface area (Å²) in [6.07, 6.45) is 2.14. The first-order valence-corrected chi connectivity index (χ1v) is 8.73. The molecule has 3 rings (SSSR count). The summed E-state index contributed by atoms with van der Waals surface area (Å²) in [5.74, 6) is 0. The van der Waals surface area contributed by atoms with E-state index in [9.17, 15) is 14.9 Å². The molecule has 0 saturated heterocycles. The summed E-state index contributed by atoms with van der Waals surface area (Å²) in [6, 6.07) is 16.2. The molecule has 2 aromatic carbocycles. The van der Waals surface area contributed by atoms with Gasteiger partial charge in [0.05, 0.1) is 11.0 Å². The van der Waals surface area contributed by atoms with Crippen molar-refractivity contribution in [3.8, 4) is 0 Å². The lowest BCUT2D eigenvalue weighted by molar-refractivity contribution is -0.384. The largest absolute Gasteiger partial charge is 0.337 e. The number of nitro groups is 1. The van der Waals surface area contributed by atoms with Gasteiger partial charge in [-0.05, 0) is 30.9 Å². The summed E-state index contributed by atoms with van der Waals surface area (Å²) in [6.45, 7) is 2.46. The zero-order valence-electron chi connectivity index (χ0n) is 15.0. The van der Waals surface area contributed by atoms with Gasteiger partial charge in [-0.25, -0.2) is 4.79 Å². The van der Waals surface area contributed by atoms with Gasteiger partial charge < -0.3 is 10.2 Å². The summed E-state index contributed by atoms with van der Waals surface area (Å²) in [5, 5.41) is 14.0. The predicted molar refractivity (Wildman–Crippen MR) is 100 cm³/mol. The number of nitrogens with one attached hydrogen (secondary N) is 1. The van der Waals surface area contributed by atoms with Crippen LogP contribution in [0.15, 0.2) is 54.6 Å². The number of benzene rings is 2. The lowest BCUT2D eigenvalue weighted by atomic mass is 9.96. The van der Waals surface area contributed by atoms with Gasteiger partial charge in [-0.15, -0.1) is 0 Å². The third-order valence-corrected chi connectivity index (χ3v) is 5.28. The number of nitrogens with zero attached hydrogens (tertiary/aromatic N) is 2. The van der Waals surface area contributed by atoms with Crippen molar-refractivity contribution < 1.29 is 9.72 Å². The van der Waals surface area contributed by atoms with Crippen molar-refractivity contribution >= 4 is 11.7 Å². The Morgan fingerprint density at radius 2 is 1.92 bits per heavy atom.